The third kappa shape index (κ3) is 3.77. The van der Waals surface area contributed by atoms with Crippen molar-refractivity contribution >= 4 is 16.8 Å². The Hall–Kier alpha value is -3.94. The number of para-hydroxylation sites is 1. The quantitative estimate of drug-likeness (QED) is 0.320. The maximum absolute atomic E-state index is 14.6. The molecule has 1 atom stereocenters. The summed E-state index contributed by atoms with van der Waals surface area (Å²) in [5.74, 6) is -4.46. The molecule has 0 saturated carbocycles. The lowest BCUT2D eigenvalue weighted by atomic mass is 9.98. The van der Waals surface area contributed by atoms with Crippen molar-refractivity contribution in [1.82, 2.24) is 10.3 Å². The maximum Gasteiger partial charge on any atom is 0.253 e. The van der Waals surface area contributed by atoms with E-state index in [1.54, 1.807) is 0 Å². The van der Waals surface area contributed by atoms with Crippen LogP contribution in [0.25, 0.3) is 22.0 Å². The van der Waals surface area contributed by atoms with Gasteiger partial charge >= 0.3 is 0 Å². The number of hydrogen-bond acceptors (Lipinski definition) is 3. The van der Waals surface area contributed by atoms with E-state index >= 15 is 0 Å². The van der Waals surface area contributed by atoms with Crippen LogP contribution >= 0.6 is 0 Å². The van der Waals surface area contributed by atoms with E-state index in [2.05, 4.69) is 10.3 Å². The first-order chi connectivity index (χ1) is 15.9. The summed E-state index contributed by atoms with van der Waals surface area (Å²) >= 11 is 0. The molecule has 2 heterocycles. The Balaban J connectivity index is 1.52. The van der Waals surface area contributed by atoms with Crippen LogP contribution in [0.3, 0.4) is 0 Å². The molecule has 0 radical (unpaired) electrons. The number of nitrogens with zero attached hydrogens (tertiary/aromatic N) is 1. The lowest BCUT2D eigenvalue weighted by molar-refractivity contribution is 0.0924. The van der Waals surface area contributed by atoms with Crippen LogP contribution in [0.5, 0.6) is 5.75 Å². The molecular weight excluding hydrogens is 436 g/mol. The van der Waals surface area contributed by atoms with Gasteiger partial charge in [0, 0.05) is 40.8 Å². The van der Waals surface area contributed by atoms with Gasteiger partial charge in [0.2, 0.25) is 0 Å². The number of halogens is 4. The van der Waals surface area contributed by atoms with Crippen LogP contribution in [-0.2, 0) is 0 Å². The predicted octanol–water partition coefficient (Wildman–Crippen LogP) is 5.71. The van der Waals surface area contributed by atoms with Crippen LogP contribution < -0.4 is 10.1 Å². The molecule has 0 fully saturated rings. The van der Waals surface area contributed by atoms with E-state index in [1.165, 1.54) is 18.3 Å². The molecule has 4 aromatic rings. The normalized spacial score (nSPS) is 15.1. The lowest BCUT2D eigenvalue weighted by Crippen LogP contribution is -2.32. The summed E-state index contributed by atoms with van der Waals surface area (Å²) in [6.07, 6.45) is 1.81. The zero-order valence-corrected chi connectivity index (χ0v) is 17.0. The first-order valence-electron chi connectivity index (χ1n) is 10.2. The Kier molecular flexibility index (Phi) is 5.20. The van der Waals surface area contributed by atoms with E-state index in [1.807, 2.05) is 24.3 Å². The summed E-state index contributed by atoms with van der Waals surface area (Å²) in [5, 5.41) is 3.26. The zero-order chi connectivity index (χ0) is 23.1. The predicted molar refractivity (Wildman–Crippen MR) is 114 cm³/mol. The first-order valence-corrected chi connectivity index (χ1v) is 10.2. The van der Waals surface area contributed by atoms with Crippen LogP contribution in [0.15, 0.2) is 60.8 Å². The van der Waals surface area contributed by atoms with Crippen LogP contribution in [0, 0.1) is 23.3 Å². The molecule has 8 heteroatoms. The van der Waals surface area contributed by atoms with Crippen molar-refractivity contribution in [1.29, 1.82) is 0 Å². The molecule has 1 aromatic heterocycles. The Morgan fingerprint density at radius 3 is 2.67 bits per heavy atom. The van der Waals surface area contributed by atoms with Gasteiger partial charge in [-0.2, -0.15) is 0 Å². The molecule has 5 rings (SSSR count). The van der Waals surface area contributed by atoms with Crippen molar-refractivity contribution in [2.24, 2.45) is 0 Å². The summed E-state index contributed by atoms with van der Waals surface area (Å²) in [6, 6.07) is 12.1. The SMILES string of the molecule is O=C(N[C@H]1CCOc2ccccc21)c1cnc2c(-c3cc(F)cc(F)c3F)c(F)ccc2c1. The fraction of sp³-hybridized carbons (Fsp3) is 0.120. The summed E-state index contributed by atoms with van der Waals surface area (Å²) < 4.78 is 62.0. The number of ether oxygens (including phenoxy) is 1. The van der Waals surface area contributed by atoms with Crippen molar-refractivity contribution in [3.8, 4) is 16.9 Å². The first kappa shape index (κ1) is 20.9. The fourth-order valence-corrected chi connectivity index (χ4v) is 4.03. The molecule has 0 saturated heterocycles. The Morgan fingerprint density at radius 2 is 1.82 bits per heavy atom. The number of amides is 1. The second kappa shape index (κ2) is 8.20. The van der Waals surface area contributed by atoms with E-state index in [9.17, 15) is 22.4 Å². The fourth-order valence-electron chi connectivity index (χ4n) is 4.03. The van der Waals surface area contributed by atoms with Crippen molar-refractivity contribution < 1.29 is 27.1 Å². The third-order valence-electron chi connectivity index (χ3n) is 5.59. The zero-order valence-electron chi connectivity index (χ0n) is 17.0. The van der Waals surface area contributed by atoms with Crippen LogP contribution in [0.1, 0.15) is 28.4 Å². The minimum Gasteiger partial charge on any atom is -0.493 e. The van der Waals surface area contributed by atoms with E-state index < -0.39 is 34.7 Å². The van der Waals surface area contributed by atoms with E-state index in [4.69, 9.17) is 4.74 Å². The number of hydrogen-bond donors (Lipinski definition) is 1. The molecule has 0 spiro atoms. The number of fused-ring (bicyclic) bond motifs is 2. The van der Waals surface area contributed by atoms with Crippen LogP contribution in [0.2, 0.25) is 0 Å². The van der Waals surface area contributed by atoms with Crippen molar-refractivity contribution in [3.05, 3.63) is 95.2 Å². The van der Waals surface area contributed by atoms with Gasteiger partial charge in [0.15, 0.2) is 11.6 Å². The molecule has 3 aromatic carbocycles. The minimum atomic E-state index is -1.44. The molecule has 0 bridgehead atoms. The number of carbonyl (C=O) groups excluding carboxylic acids is 1. The summed E-state index contributed by atoms with van der Waals surface area (Å²) in [4.78, 5) is 17.0. The second-order valence-corrected chi connectivity index (χ2v) is 7.67. The number of pyridine rings is 1. The molecule has 4 nitrogen and oxygen atoms in total. The van der Waals surface area contributed by atoms with Crippen LogP contribution in [0.4, 0.5) is 17.6 Å². The Bertz CT molecular complexity index is 1410. The monoisotopic (exact) mass is 452 g/mol. The molecule has 1 N–H and O–H groups in total. The van der Waals surface area contributed by atoms with Gasteiger partial charge in [-0.05, 0) is 30.3 Å². The number of aromatic nitrogens is 1. The third-order valence-corrected chi connectivity index (χ3v) is 5.59. The molecule has 1 aliphatic rings. The Labute approximate surface area is 185 Å². The van der Waals surface area contributed by atoms with Gasteiger partial charge in [-0.25, -0.2) is 17.6 Å². The molecule has 1 aliphatic heterocycles. The summed E-state index contributed by atoms with van der Waals surface area (Å²) in [6.45, 7) is 0.455. The van der Waals surface area contributed by atoms with Gasteiger partial charge in [-0.3, -0.25) is 9.78 Å². The summed E-state index contributed by atoms with van der Waals surface area (Å²) in [5.41, 5.74) is 0.0772. The van der Waals surface area contributed by atoms with Gasteiger partial charge in [-0.15, -0.1) is 0 Å². The molecule has 0 aliphatic carbocycles. The highest BCUT2D eigenvalue weighted by molar-refractivity contribution is 6.00. The number of benzene rings is 3. The summed E-state index contributed by atoms with van der Waals surface area (Å²) in [7, 11) is 0. The van der Waals surface area contributed by atoms with Gasteiger partial charge in [0.1, 0.15) is 17.4 Å². The number of nitrogens with one attached hydrogen (secondary N) is 1. The highest BCUT2D eigenvalue weighted by Gasteiger charge is 2.24. The van der Waals surface area contributed by atoms with E-state index in [0.717, 1.165) is 11.6 Å². The van der Waals surface area contributed by atoms with Crippen molar-refractivity contribution in [2.45, 2.75) is 12.5 Å². The number of rotatable bonds is 3. The molecule has 0 unspecified atom stereocenters. The minimum absolute atomic E-state index is 0.0214. The average Bonchev–Trinajstić information content (AvgIpc) is 2.81. The maximum atomic E-state index is 14.6. The standard InChI is InChI=1S/C25H16F4N2O2/c26-15-10-17(23(29)19(28)11-15)22-18(27)6-5-13-9-14(12-30-24(13)22)25(32)31-20-7-8-33-21-4-2-1-3-16(20)21/h1-6,9-12,20H,7-8H2,(H,31,32)/t20-/m0/s1. The van der Waals surface area contributed by atoms with Crippen LogP contribution in [-0.4, -0.2) is 17.5 Å². The topological polar surface area (TPSA) is 51.2 Å². The van der Waals surface area contributed by atoms with Gasteiger partial charge < -0.3 is 10.1 Å². The molecule has 1 amide bonds. The van der Waals surface area contributed by atoms with Crippen molar-refractivity contribution in [2.75, 3.05) is 6.61 Å². The number of carbonyl (C=O) groups is 1. The largest absolute Gasteiger partial charge is 0.493 e. The van der Waals surface area contributed by atoms with Crippen molar-refractivity contribution in [3.63, 3.8) is 0 Å². The lowest BCUT2D eigenvalue weighted by Gasteiger charge is -2.26. The molecule has 166 valence electrons. The molecular formula is C25H16F4N2O2. The highest BCUT2D eigenvalue weighted by Crippen LogP contribution is 2.34. The highest BCUT2D eigenvalue weighted by atomic mass is 19.2. The van der Waals surface area contributed by atoms with Gasteiger partial charge in [-0.1, -0.05) is 18.2 Å². The van der Waals surface area contributed by atoms with E-state index in [0.29, 0.717) is 36.3 Å². The second-order valence-electron chi connectivity index (χ2n) is 7.67. The Morgan fingerprint density at radius 1 is 1.00 bits per heavy atom. The average molecular weight is 452 g/mol. The molecule has 33 heavy (non-hydrogen) atoms. The van der Waals surface area contributed by atoms with Gasteiger partial charge in [0.05, 0.1) is 23.7 Å². The smallest absolute Gasteiger partial charge is 0.253 e. The van der Waals surface area contributed by atoms with Gasteiger partial charge in [0.25, 0.3) is 5.91 Å². The van der Waals surface area contributed by atoms with E-state index in [-0.39, 0.29) is 22.7 Å².